The van der Waals surface area contributed by atoms with Gasteiger partial charge in [0.1, 0.15) is 0 Å². The molecule has 0 saturated heterocycles. The normalized spacial score (nSPS) is 5.33. The fourth-order valence-corrected chi connectivity index (χ4v) is 0. The summed E-state index contributed by atoms with van der Waals surface area (Å²) in [6.07, 6.45) is -3.92. The molecule has 3 N–H and O–H groups in total. The Bertz CT molecular complexity index is 73.7. The third-order valence-corrected chi connectivity index (χ3v) is 0. The number of hydrogen-bond donors (Lipinski definition) is 3. The van der Waals surface area contributed by atoms with Crippen molar-refractivity contribution in [3.8, 4) is 0 Å². The monoisotopic (exact) mass is 164 g/mol. The molecule has 6 nitrogen and oxygen atoms in total. The van der Waals surface area contributed by atoms with E-state index in [2.05, 4.69) is 0 Å². The van der Waals surface area contributed by atoms with Crippen molar-refractivity contribution >= 4 is 63.7 Å². The molecule has 0 radical (unpaired) electrons. The zero-order valence-corrected chi connectivity index (χ0v) is 3.57. The molecule has 0 aromatic rings. The van der Waals surface area contributed by atoms with Crippen molar-refractivity contribution in [1.82, 2.24) is 0 Å². The van der Waals surface area contributed by atoms with Crippen LogP contribution in [0.4, 0.5) is 9.59 Å². The molecule has 0 aromatic heterocycles. The number of hydrogen-bond acceptors (Lipinski definition) is 3. The third-order valence-electron chi connectivity index (χ3n) is 0. The van der Waals surface area contributed by atoms with Crippen LogP contribution in [0.25, 0.3) is 0 Å². The second-order valence-corrected chi connectivity index (χ2v) is 0.548. The molecule has 0 fully saturated rings. The fraction of sp³-hybridized carbons (Fsp3) is 0. The van der Waals surface area contributed by atoms with E-state index in [0.29, 0.717) is 0 Å². The summed E-state index contributed by atoms with van der Waals surface area (Å²) in [5.74, 6) is 0. The molecule has 0 spiro atoms. The minimum absolute atomic E-state index is 0. The summed E-state index contributed by atoms with van der Waals surface area (Å²) < 4.78 is 0. The number of carboxylic acid groups (broad SMARTS) is 4. The summed E-state index contributed by atoms with van der Waals surface area (Å²) in [6.45, 7) is 0. The maximum atomic E-state index is 8.56. The summed E-state index contributed by atoms with van der Waals surface area (Å²) in [6, 6.07) is 0. The van der Waals surface area contributed by atoms with E-state index in [1.165, 1.54) is 0 Å². The summed E-state index contributed by atoms with van der Waals surface area (Å²) in [4.78, 5) is 17.0. The Morgan fingerprint density at radius 3 is 1.22 bits per heavy atom. The van der Waals surface area contributed by atoms with E-state index < -0.39 is 12.3 Å². The molecule has 0 aliphatic heterocycles. The van der Waals surface area contributed by atoms with Crippen molar-refractivity contribution in [3.63, 3.8) is 0 Å². The van der Waals surface area contributed by atoms with E-state index in [-0.39, 0.29) is 52.8 Å². The van der Waals surface area contributed by atoms with Gasteiger partial charge >= 0.3 is 59.0 Å². The van der Waals surface area contributed by atoms with E-state index in [4.69, 9.17) is 30.0 Å². The van der Waals surface area contributed by atoms with E-state index in [1.54, 1.807) is 0 Å². The first-order valence-electron chi connectivity index (χ1n) is 1.28. The molecule has 0 heterocycles. The first-order chi connectivity index (χ1) is 3.46. The summed E-state index contributed by atoms with van der Waals surface area (Å²) in [5.41, 5.74) is 0. The molecular weight excluding hydrogens is 159 g/mol. The van der Waals surface area contributed by atoms with Crippen LogP contribution in [-0.4, -0.2) is 79.0 Å². The van der Waals surface area contributed by atoms with Crippen LogP contribution in [-0.2, 0) is 0 Å². The van der Waals surface area contributed by atoms with Gasteiger partial charge in [0.2, 0.25) is 6.16 Å². The van der Waals surface area contributed by atoms with Crippen molar-refractivity contribution in [3.05, 3.63) is 0 Å². The van der Waals surface area contributed by atoms with Crippen LogP contribution in [0.1, 0.15) is 1.43 Å². The van der Waals surface area contributed by atoms with Gasteiger partial charge in [-0.1, -0.05) is 0 Å². The van der Waals surface area contributed by atoms with Crippen molar-refractivity contribution in [1.29, 1.82) is 0 Å². The quantitative estimate of drug-likeness (QED) is 0.378. The number of rotatable bonds is 0. The SMILES string of the molecule is O=C(O)O.O=C([O-])O.[H+].[KH]. The van der Waals surface area contributed by atoms with Crippen molar-refractivity contribution in [2.24, 2.45) is 0 Å². The van der Waals surface area contributed by atoms with E-state index >= 15 is 0 Å². The van der Waals surface area contributed by atoms with Crippen molar-refractivity contribution in [2.75, 3.05) is 0 Å². The molecule has 0 amide bonds. The maximum absolute atomic E-state index is 8.56. The average Bonchev–Trinajstić information content (AvgIpc) is 1.25. The molecule has 0 aliphatic rings. The Hall–Kier alpha value is 0.176. The molecule has 50 valence electrons. The van der Waals surface area contributed by atoms with Gasteiger partial charge in [-0.3, -0.25) is 0 Å². The molecule has 0 aliphatic carbocycles. The van der Waals surface area contributed by atoms with Gasteiger partial charge in [-0.05, 0) is 0 Å². The Morgan fingerprint density at radius 2 is 1.22 bits per heavy atom. The number of carbonyl (C=O) groups is 2. The molecule has 7 heteroatoms. The fourth-order valence-electron chi connectivity index (χ4n) is 0. The van der Waals surface area contributed by atoms with Crippen LogP contribution in [0.5, 0.6) is 0 Å². The predicted octanol–water partition coefficient (Wildman–Crippen LogP) is -1.43. The Labute approximate surface area is 94.0 Å². The molecule has 0 rings (SSSR count). The molecule has 9 heavy (non-hydrogen) atoms. The van der Waals surface area contributed by atoms with Crippen LogP contribution in [0.3, 0.4) is 0 Å². The molecule has 0 atom stereocenters. The average molecular weight is 164 g/mol. The van der Waals surface area contributed by atoms with Gasteiger partial charge in [-0.15, -0.1) is 0 Å². The minimum atomic E-state index is -2.08. The Kier molecular flexibility index (Phi) is 19.7. The molecular formula is C2H5KO6. The van der Waals surface area contributed by atoms with Crippen LogP contribution < -0.4 is 5.11 Å². The van der Waals surface area contributed by atoms with Gasteiger partial charge in [-0.25, -0.2) is 4.79 Å². The predicted molar refractivity (Wildman–Crippen MR) is 26.9 cm³/mol. The molecule has 0 bridgehead atoms. The van der Waals surface area contributed by atoms with E-state index in [0.717, 1.165) is 0 Å². The second kappa shape index (κ2) is 11.0. The van der Waals surface area contributed by atoms with Crippen LogP contribution in [0, 0.1) is 0 Å². The Balaban J connectivity index is -0.0000000300. The van der Waals surface area contributed by atoms with Gasteiger partial charge < -0.3 is 25.2 Å². The topological polar surface area (TPSA) is 118 Å². The second-order valence-electron chi connectivity index (χ2n) is 0.548. The standard InChI is InChI=1S/2CH2O3.K.H/c2*2-1(3)4;;/h2*(H2,2,3,4);;. The van der Waals surface area contributed by atoms with Gasteiger partial charge in [0, 0.05) is 0 Å². The van der Waals surface area contributed by atoms with Crippen molar-refractivity contribution in [2.45, 2.75) is 0 Å². The summed E-state index contributed by atoms with van der Waals surface area (Å²) in [7, 11) is 0. The van der Waals surface area contributed by atoms with Crippen LogP contribution in [0.2, 0.25) is 0 Å². The van der Waals surface area contributed by atoms with Crippen LogP contribution in [0.15, 0.2) is 0 Å². The first kappa shape index (κ1) is 16.1. The van der Waals surface area contributed by atoms with Gasteiger partial charge in [0.15, 0.2) is 0 Å². The third kappa shape index (κ3) is 10000. The van der Waals surface area contributed by atoms with Gasteiger partial charge in [0.25, 0.3) is 0 Å². The first-order valence-corrected chi connectivity index (χ1v) is 1.28. The van der Waals surface area contributed by atoms with Gasteiger partial charge in [0.05, 0.1) is 0 Å². The molecule has 0 saturated carbocycles. The van der Waals surface area contributed by atoms with E-state index in [1.807, 2.05) is 0 Å². The molecule has 0 unspecified atom stereocenters. The summed E-state index contributed by atoms with van der Waals surface area (Å²) in [5, 5.41) is 29.2. The Morgan fingerprint density at radius 1 is 1.22 bits per heavy atom. The van der Waals surface area contributed by atoms with Crippen LogP contribution >= 0.6 is 0 Å². The summed E-state index contributed by atoms with van der Waals surface area (Å²) >= 11 is 0. The molecule has 0 aromatic carbocycles. The van der Waals surface area contributed by atoms with E-state index in [9.17, 15) is 0 Å². The zero-order valence-electron chi connectivity index (χ0n) is 4.57. The van der Waals surface area contributed by atoms with Gasteiger partial charge in [-0.2, -0.15) is 0 Å². The van der Waals surface area contributed by atoms with Crippen molar-refractivity contribution < 1.29 is 31.4 Å². The zero-order chi connectivity index (χ0) is 7.15.